The van der Waals surface area contributed by atoms with Crippen molar-refractivity contribution in [3.8, 4) is 0 Å². The number of carbonyl (C=O) groups is 1. The Balaban J connectivity index is 1.76. The molecule has 0 spiro atoms. The minimum Gasteiger partial charge on any atom is -0.374 e. The second kappa shape index (κ2) is 8.22. The van der Waals surface area contributed by atoms with Gasteiger partial charge in [0.1, 0.15) is 18.7 Å². The standard InChI is InChI=1S/C18H25N5O2/c1-14(2)21-18(24)17(15-6-4-3-5-7-15)22-8-9-25-16(10-22)11-23-13-19-12-20-23/h3-7,12-14,16-17H,8-11H2,1-2H3,(H,21,24)/t16-,17-/m0/s1. The normalized spacial score (nSPS) is 19.7. The molecule has 0 unspecified atom stereocenters. The molecule has 2 heterocycles. The molecular weight excluding hydrogens is 318 g/mol. The lowest BCUT2D eigenvalue weighted by atomic mass is 10.0. The molecule has 1 aliphatic heterocycles. The Morgan fingerprint density at radius 2 is 2.16 bits per heavy atom. The first-order valence-corrected chi connectivity index (χ1v) is 8.67. The summed E-state index contributed by atoms with van der Waals surface area (Å²) in [6.07, 6.45) is 3.18. The average molecular weight is 343 g/mol. The predicted molar refractivity (Wildman–Crippen MR) is 93.8 cm³/mol. The highest BCUT2D eigenvalue weighted by molar-refractivity contribution is 5.83. The van der Waals surface area contributed by atoms with Crippen LogP contribution in [0.1, 0.15) is 25.5 Å². The molecule has 0 saturated carbocycles. The van der Waals surface area contributed by atoms with Gasteiger partial charge in [-0.1, -0.05) is 30.3 Å². The van der Waals surface area contributed by atoms with Crippen molar-refractivity contribution in [2.24, 2.45) is 0 Å². The molecule has 7 nitrogen and oxygen atoms in total. The van der Waals surface area contributed by atoms with Gasteiger partial charge < -0.3 is 10.1 Å². The van der Waals surface area contributed by atoms with Gasteiger partial charge >= 0.3 is 0 Å². The van der Waals surface area contributed by atoms with Crippen LogP contribution >= 0.6 is 0 Å². The van der Waals surface area contributed by atoms with Crippen molar-refractivity contribution >= 4 is 5.91 Å². The lowest BCUT2D eigenvalue weighted by Gasteiger charge is -2.38. The van der Waals surface area contributed by atoms with Crippen LogP contribution in [0.15, 0.2) is 43.0 Å². The summed E-state index contributed by atoms with van der Waals surface area (Å²) in [5.74, 6) is 0.0302. The van der Waals surface area contributed by atoms with E-state index in [9.17, 15) is 4.79 Å². The Bertz CT molecular complexity index is 659. The fraction of sp³-hybridized carbons (Fsp3) is 0.500. The van der Waals surface area contributed by atoms with Gasteiger partial charge in [0.15, 0.2) is 0 Å². The minimum atomic E-state index is -0.314. The molecule has 1 aromatic carbocycles. The second-order valence-corrected chi connectivity index (χ2v) is 6.58. The van der Waals surface area contributed by atoms with Crippen LogP contribution < -0.4 is 5.32 Å². The molecule has 0 bridgehead atoms. The maximum absolute atomic E-state index is 12.9. The van der Waals surface area contributed by atoms with Gasteiger partial charge in [0.25, 0.3) is 0 Å². The summed E-state index contributed by atoms with van der Waals surface area (Å²) in [5, 5.41) is 7.19. The van der Waals surface area contributed by atoms with E-state index in [1.807, 2.05) is 44.2 Å². The number of rotatable bonds is 6. The van der Waals surface area contributed by atoms with Crippen molar-refractivity contribution in [3.05, 3.63) is 48.5 Å². The molecule has 1 fully saturated rings. The van der Waals surface area contributed by atoms with Gasteiger partial charge in [0.05, 0.1) is 19.3 Å². The topological polar surface area (TPSA) is 72.3 Å². The molecule has 2 atom stereocenters. The summed E-state index contributed by atoms with van der Waals surface area (Å²) < 4.78 is 7.63. The van der Waals surface area contributed by atoms with E-state index in [1.165, 1.54) is 6.33 Å². The smallest absolute Gasteiger partial charge is 0.242 e. The molecule has 1 saturated heterocycles. The molecule has 1 N–H and O–H groups in total. The van der Waals surface area contributed by atoms with Crippen LogP contribution in [0.3, 0.4) is 0 Å². The lowest BCUT2D eigenvalue weighted by molar-refractivity contribution is -0.131. The van der Waals surface area contributed by atoms with Crippen molar-refractivity contribution < 1.29 is 9.53 Å². The zero-order chi connectivity index (χ0) is 17.6. The van der Waals surface area contributed by atoms with Crippen molar-refractivity contribution in [2.75, 3.05) is 19.7 Å². The first kappa shape index (κ1) is 17.6. The Hall–Kier alpha value is -2.25. The molecule has 25 heavy (non-hydrogen) atoms. The van der Waals surface area contributed by atoms with E-state index >= 15 is 0 Å². The fourth-order valence-electron chi connectivity index (χ4n) is 3.15. The van der Waals surface area contributed by atoms with Crippen LogP contribution in [-0.2, 0) is 16.1 Å². The Labute approximate surface area is 148 Å². The first-order valence-electron chi connectivity index (χ1n) is 8.67. The van der Waals surface area contributed by atoms with Crippen LogP contribution in [0.5, 0.6) is 0 Å². The van der Waals surface area contributed by atoms with Gasteiger partial charge in [-0.15, -0.1) is 0 Å². The monoisotopic (exact) mass is 343 g/mol. The average Bonchev–Trinajstić information content (AvgIpc) is 3.09. The molecule has 0 aliphatic carbocycles. The minimum absolute atomic E-state index is 0.0199. The van der Waals surface area contributed by atoms with E-state index < -0.39 is 0 Å². The number of carbonyl (C=O) groups excluding carboxylic acids is 1. The van der Waals surface area contributed by atoms with Gasteiger partial charge in [-0.2, -0.15) is 5.10 Å². The van der Waals surface area contributed by atoms with Crippen molar-refractivity contribution in [3.63, 3.8) is 0 Å². The third kappa shape index (κ3) is 4.64. The Kier molecular flexibility index (Phi) is 5.78. The Morgan fingerprint density at radius 1 is 1.36 bits per heavy atom. The summed E-state index contributed by atoms with van der Waals surface area (Å²) in [6.45, 7) is 6.57. The van der Waals surface area contributed by atoms with Gasteiger partial charge in [0, 0.05) is 19.1 Å². The molecular formula is C18H25N5O2. The van der Waals surface area contributed by atoms with E-state index in [0.717, 1.165) is 12.1 Å². The number of nitrogens with zero attached hydrogens (tertiary/aromatic N) is 4. The lowest BCUT2D eigenvalue weighted by Crippen LogP contribution is -2.50. The van der Waals surface area contributed by atoms with Crippen LogP contribution in [0.4, 0.5) is 0 Å². The number of ether oxygens (including phenoxy) is 1. The number of nitrogens with one attached hydrogen (secondary N) is 1. The van der Waals surface area contributed by atoms with Crippen molar-refractivity contribution in [1.82, 2.24) is 25.0 Å². The van der Waals surface area contributed by atoms with Crippen LogP contribution in [0.2, 0.25) is 0 Å². The molecule has 1 amide bonds. The van der Waals surface area contributed by atoms with Gasteiger partial charge in [-0.3, -0.25) is 14.4 Å². The molecule has 1 aromatic heterocycles. The largest absolute Gasteiger partial charge is 0.374 e. The highest BCUT2D eigenvalue weighted by atomic mass is 16.5. The third-order valence-electron chi connectivity index (χ3n) is 4.19. The van der Waals surface area contributed by atoms with Gasteiger partial charge in [0.2, 0.25) is 5.91 Å². The molecule has 2 aromatic rings. The molecule has 0 radical (unpaired) electrons. The molecule has 3 rings (SSSR count). The quantitative estimate of drug-likeness (QED) is 0.854. The van der Waals surface area contributed by atoms with Gasteiger partial charge in [-0.05, 0) is 19.4 Å². The second-order valence-electron chi connectivity index (χ2n) is 6.58. The van der Waals surface area contributed by atoms with Crippen LogP contribution in [0.25, 0.3) is 0 Å². The third-order valence-corrected chi connectivity index (χ3v) is 4.19. The first-order chi connectivity index (χ1) is 12.1. The number of amides is 1. The number of morpholine rings is 1. The van der Waals surface area contributed by atoms with Crippen LogP contribution in [-0.4, -0.2) is 57.4 Å². The van der Waals surface area contributed by atoms with E-state index in [0.29, 0.717) is 19.7 Å². The number of hydrogen-bond donors (Lipinski definition) is 1. The summed E-state index contributed by atoms with van der Waals surface area (Å²) in [4.78, 5) is 19.0. The molecule has 1 aliphatic rings. The summed E-state index contributed by atoms with van der Waals surface area (Å²) in [6, 6.07) is 9.71. The maximum atomic E-state index is 12.9. The number of benzene rings is 1. The zero-order valence-electron chi connectivity index (χ0n) is 14.7. The summed E-state index contributed by atoms with van der Waals surface area (Å²) in [5.41, 5.74) is 1.00. The van der Waals surface area contributed by atoms with Crippen LogP contribution in [0, 0.1) is 0 Å². The highest BCUT2D eigenvalue weighted by Gasteiger charge is 2.32. The molecule has 7 heteroatoms. The van der Waals surface area contributed by atoms with E-state index in [-0.39, 0.29) is 24.1 Å². The summed E-state index contributed by atoms with van der Waals surface area (Å²) >= 11 is 0. The van der Waals surface area contributed by atoms with E-state index in [4.69, 9.17) is 4.74 Å². The fourth-order valence-corrected chi connectivity index (χ4v) is 3.15. The maximum Gasteiger partial charge on any atom is 0.242 e. The van der Waals surface area contributed by atoms with Gasteiger partial charge in [-0.25, -0.2) is 4.98 Å². The van der Waals surface area contributed by atoms with Crippen molar-refractivity contribution in [2.45, 2.75) is 38.6 Å². The highest BCUT2D eigenvalue weighted by Crippen LogP contribution is 2.24. The Morgan fingerprint density at radius 3 is 2.84 bits per heavy atom. The van der Waals surface area contributed by atoms with E-state index in [2.05, 4.69) is 20.3 Å². The van der Waals surface area contributed by atoms with Crippen molar-refractivity contribution in [1.29, 1.82) is 0 Å². The SMILES string of the molecule is CC(C)NC(=O)[C@H](c1ccccc1)N1CCO[C@H](Cn2cncn2)C1. The zero-order valence-corrected chi connectivity index (χ0v) is 14.7. The van der Waals surface area contributed by atoms with E-state index in [1.54, 1.807) is 11.0 Å². The number of aromatic nitrogens is 3. The summed E-state index contributed by atoms with van der Waals surface area (Å²) in [7, 11) is 0. The number of hydrogen-bond acceptors (Lipinski definition) is 5. The predicted octanol–water partition coefficient (Wildman–Crippen LogP) is 1.24. The molecule has 134 valence electrons.